The quantitative estimate of drug-likeness (QED) is 0.709. The van der Waals surface area contributed by atoms with E-state index in [0.29, 0.717) is 17.9 Å². The molecule has 0 bridgehead atoms. The van der Waals surface area contributed by atoms with Crippen LogP contribution in [-0.2, 0) is 0 Å². The summed E-state index contributed by atoms with van der Waals surface area (Å²) < 4.78 is 5.93. The van der Waals surface area contributed by atoms with Gasteiger partial charge in [0.05, 0.1) is 0 Å². The van der Waals surface area contributed by atoms with Gasteiger partial charge in [-0.1, -0.05) is 45.9 Å². The molecule has 108 valence electrons. The van der Waals surface area contributed by atoms with E-state index in [1.165, 1.54) is 5.56 Å². The highest BCUT2D eigenvalue weighted by molar-refractivity contribution is 5.35. The molecule has 1 aromatic rings. The van der Waals surface area contributed by atoms with Gasteiger partial charge in [-0.3, -0.25) is 0 Å². The summed E-state index contributed by atoms with van der Waals surface area (Å²) in [6.45, 7) is 12.8. The molecule has 0 radical (unpaired) electrons. The molecule has 0 aliphatic heterocycles. The number of benzene rings is 1. The fourth-order valence-electron chi connectivity index (χ4n) is 1.92. The van der Waals surface area contributed by atoms with Crippen molar-refractivity contribution in [3.63, 3.8) is 0 Å². The van der Waals surface area contributed by atoms with Crippen LogP contribution in [-0.4, -0.2) is 19.2 Å². The van der Waals surface area contributed by atoms with Gasteiger partial charge in [-0.05, 0) is 36.8 Å². The first-order valence-corrected chi connectivity index (χ1v) is 7.51. The zero-order valence-electron chi connectivity index (χ0n) is 13.1. The molecule has 0 spiro atoms. The van der Waals surface area contributed by atoms with Gasteiger partial charge in [0, 0.05) is 12.6 Å². The molecule has 0 heterocycles. The van der Waals surface area contributed by atoms with Crippen molar-refractivity contribution >= 4 is 0 Å². The molecule has 0 aromatic heterocycles. The van der Waals surface area contributed by atoms with Crippen LogP contribution >= 0.6 is 0 Å². The molecule has 2 heteroatoms. The minimum Gasteiger partial charge on any atom is -0.492 e. The fraction of sp³-hybridized carbons (Fsp3) is 0.647. The number of ether oxygens (including phenoxy) is 1. The van der Waals surface area contributed by atoms with Crippen LogP contribution in [0.2, 0.25) is 0 Å². The molecule has 2 unspecified atom stereocenters. The topological polar surface area (TPSA) is 21.3 Å². The third-order valence-electron chi connectivity index (χ3n) is 3.89. The maximum atomic E-state index is 5.93. The molecular formula is C17H29NO. The lowest BCUT2D eigenvalue weighted by atomic mass is 9.98. The van der Waals surface area contributed by atoms with Crippen molar-refractivity contribution in [3.8, 4) is 5.75 Å². The molecule has 2 nitrogen and oxygen atoms in total. The molecule has 0 aliphatic rings. The van der Waals surface area contributed by atoms with Gasteiger partial charge in [-0.25, -0.2) is 0 Å². The van der Waals surface area contributed by atoms with Crippen molar-refractivity contribution in [1.82, 2.24) is 5.32 Å². The van der Waals surface area contributed by atoms with Crippen LogP contribution in [0.5, 0.6) is 5.75 Å². The van der Waals surface area contributed by atoms with Gasteiger partial charge in [0.1, 0.15) is 12.4 Å². The standard InChI is InChI=1S/C17H29NO/c1-6-14(4)16-9-7-8-10-17(16)19-12-11-18-15(5)13(2)3/h7-10,13-15,18H,6,11-12H2,1-5H3. The van der Waals surface area contributed by atoms with Crippen LogP contribution in [0.4, 0.5) is 0 Å². The first kappa shape index (κ1) is 16.0. The maximum absolute atomic E-state index is 5.93. The largest absolute Gasteiger partial charge is 0.492 e. The van der Waals surface area contributed by atoms with Gasteiger partial charge in [0.25, 0.3) is 0 Å². The van der Waals surface area contributed by atoms with Gasteiger partial charge in [0.2, 0.25) is 0 Å². The maximum Gasteiger partial charge on any atom is 0.122 e. The number of rotatable bonds is 8. The average molecular weight is 263 g/mol. The third kappa shape index (κ3) is 5.23. The summed E-state index contributed by atoms with van der Waals surface area (Å²) >= 11 is 0. The molecule has 0 aliphatic carbocycles. The summed E-state index contributed by atoms with van der Waals surface area (Å²) in [4.78, 5) is 0. The molecule has 19 heavy (non-hydrogen) atoms. The van der Waals surface area contributed by atoms with Crippen LogP contribution < -0.4 is 10.1 Å². The third-order valence-corrected chi connectivity index (χ3v) is 3.89. The zero-order valence-corrected chi connectivity index (χ0v) is 13.1. The lowest BCUT2D eigenvalue weighted by Crippen LogP contribution is -2.33. The van der Waals surface area contributed by atoms with Crippen LogP contribution in [0.25, 0.3) is 0 Å². The van der Waals surface area contributed by atoms with Gasteiger partial charge in [-0.15, -0.1) is 0 Å². The smallest absolute Gasteiger partial charge is 0.122 e. The van der Waals surface area contributed by atoms with Crippen molar-refractivity contribution in [2.75, 3.05) is 13.2 Å². The lowest BCUT2D eigenvalue weighted by Gasteiger charge is -2.19. The summed E-state index contributed by atoms with van der Waals surface area (Å²) in [5.74, 6) is 2.25. The second-order valence-corrected chi connectivity index (χ2v) is 5.68. The Hall–Kier alpha value is -1.02. The summed E-state index contributed by atoms with van der Waals surface area (Å²) in [6, 6.07) is 8.92. The Morgan fingerprint density at radius 3 is 2.42 bits per heavy atom. The van der Waals surface area contributed by atoms with E-state index in [1.807, 2.05) is 6.07 Å². The first-order chi connectivity index (χ1) is 9.06. The molecule has 1 aromatic carbocycles. The summed E-state index contributed by atoms with van der Waals surface area (Å²) in [6.07, 6.45) is 1.14. The van der Waals surface area contributed by atoms with E-state index in [0.717, 1.165) is 25.3 Å². The van der Waals surface area contributed by atoms with Gasteiger partial charge in [0.15, 0.2) is 0 Å². The van der Waals surface area contributed by atoms with Crippen LogP contribution in [0.3, 0.4) is 0 Å². The highest BCUT2D eigenvalue weighted by Gasteiger charge is 2.09. The zero-order chi connectivity index (χ0) is 14.3. The first-order valence-electron chi connectivity index (χ1n) is 7.51. The summed E-state index contributed by atoms with van der Waals surface area (Å²) in [5.41, 5.74) is 1.32. The Balaban J connectivity index is 2.45. The molecule has 1 rings (SSSR count). The Morgan fingerprint density at radius 2 is 1.79 bits per heavy atom. The molecule has 0 saturated carbocycles. The average Bonchev–Trinajstić information content (AvgIpc) is 2.42. The number of hydrogen-bond acceptors (Lipinski definition) is 2. The molecule has 1 N–H and O–H groups in total. The number of hydrogen-bond donors (Lipinski definition) is 1. The Morgan fingerprint density at radius 1 is 1.11 bits per heavy atom. The van der Waals surface area contributed by atoms with Crippen molar-refractivity contribution in [3.05, 3.63) is 29.8 Å². The Bertz CT molecular complexity index is 362. The van der Waals surface area contributed by atoms with Gasteiger partial charge >= 0.3 is 0 Å². The minimum atomic E-state index is 0.536. The van der Waals surface area contributed by atoms with Crippen LogP contribution in [0, 0.1) is 5.92 Å². The van der Waals surface area contributed by atoms with Crippen molar-refractivity contribution in [2.45, 2.75) is 53.0 Å². The highest BCUT2D eigenvalue weighted by atomic mass is 16.5. The van der Waals surface area contributed by atoms with E-state index in [-0.39, 0.29) is 0 Å². The SMILES string of the molecule is CCC(C)c1ccccc1OCCNC(C)C(C)C. The summed E-state index contributed by atoms with van der Waals surface area (Å²) in [5, 5.41) is 3.49. The monoisotopic (exact) mass is 263 g/mol. The number of para-hydroxylation sites is 1. The predicted molar refractivity (Wildman–Crippen MR) is 82.9 cm³/mol. The molecule has 0 saturated heterocycles. The van der Waals surface area contributed by atoms with E-state index >= 15 is 0 Å². The lowest BCUT2D eigenvalue weighted by molar-refractivity contribution is 0.293. The molecule has 0 fully saturated rings. The van der Waals surface area contributed by atoms with Crippen LogP contribution in [0.15, 0.2) is 24.3 Å². The van der Waals surface area contributed by atoms with E-state index in [4.69, 9.17) is 4.74 Å². The van der Waals surface area contributed by atoms with Crippen molar-refractivity contribution in [1.29, 1.82) is 0 Å². The van der Waals surface area contributed by atoms with E-state index in [9.17, 15) is 0 Å². The Kier molecular flexibility index (Phi) is 6.93. The summed E-state index contributed by atoms with van der Waals surface area (Å²) in [7, 11) is 0. The fourth-order valence-corrected chi connectivity index (χ4v) is 1.92. The number of nitrogens with one attached hydrogen (secondary N) is 1. The van der Waals surface area contributed by atoms with Crippen molar-refractivity contribution < 1.29 is 4.74 Å². The normalized spacial score (nSPS) is 14.4. The molecule has 2 atom stereocenters. The van der Waals surface area contributed by atoms with Gasteiger partial charge < -0.3 is 10.1 Å². The highest BCUT2D eigenvalue weighted by Crippen LogP contribution is 2.28. The van der Waals surface area contributed by atoms with E-state index in [2.05, 4.69) is 58.1 Å². The van der Waals surface area contributed by atoms with Crippen molar-refractivity contribution in [2.24, 2.45) is 5.92 Å². The van der Waals surface area contributed by atoms with E-state index < -0.39 is 0 Å². The molecule has 0 amide bonds. The molecular weight excluding hydrogens is 234 g/mol. The van der Waals surface area contributed by atoms with E-state index in [1.54, 1.807) is 0 Å². The second kappa shape index (κ2) is 8.21. The van der Waals surface area contributed by atoms with Crippen LogP contribution in [0.1, 0.15) is 52.5 Å². The minimum absolute atomic E-state index is 0.536. The Labute approximate surface area is 118 Å². The predicted octanol–water partition coefficient (Wildman–Crippen LogP) is 4.21. The van der Waals surface area contributed by atoms with Gasteiger partial charge in [-0.2, -0.15) is 0 Å². The second-order valence-electron chi connectivity index (χ2n) is 5.68.